The zero-order valence-corrected chi connectivity index (χ0v) is 31.8. The van der Waals surface area contributed by atoms with Gasteiger partial charge in [0.1, 0.15) is 43.2 Å². The van der Waals surface area contributed by atoms with Crippen LogP contribution in [0.4, 0.5) is 0 Å². The average Bonchev–Trinajstić information content (AvgIpc) is 3.10. The first-order valence-corrected chi connectivity index (χ1v) is 20.6. The Balaban J connectivity index is 2.53. The molecule has 1 rings (SSSR count). The summed E-state index contributed by atoms with van der Waals surface area (Å²) >= 11 is 0. The number of phosphoric ester groups is 1. The summed E-state index contributed by atoms with van der Waals surface area (Å²) in [6.45, 7) is 3.16. The monoisotopic (exact) mass is 750 g/mol. The minimum Gasteiger partial charge on any atom is -0.462 e. The third kappa shape index (κ3) is 22.2. The zero-order chi connectivity index (χ0) is 37.9. The highest BCUT2D eigenvalue weighted by Gasteiger charge is 2.51. The highest BCUT2D eigenvalue weighted by molar-refractivity contribution is 7.47. The topological polar surface area (TPSA) is 210 Å². The fourth-order valence-corrected chi connectivity index (χ4v) is 6.57. The molecule has 0 aromatic rings. The highest BCUT2D eigenvalue weighted by atomic mass is 31.2. The normalized spacial score (nSPS) is 24.2. The van der Waals surface area contributed by atoms with Crippen molar-refractivity contribution >= 4 is 19.8 Å². The molecule has 0 saturated heterocycles. The van der Waals surface area contributed by atoms with Crippen molar-refractivity contribution in [1.29, 1.82) is 0 Å². The van der Waals surface area contributed by atoms with Crippen molar-refractivity contribution in [3.8, 4) is 0 Å². The van der Waals surface area contributed by atoms with Crippen molar-refractivity contribution in [3.05, 3.63) is 24.3 Å². The molecule has 1 aliphatic carbocycles. The van der Waals surface area contributed by atoms with E-state index in [1.807, 2.05) is 0 Å². The van der Waals surface area contributed by atoms with E-state index >= 15 is 0 Å². The van der Waals surface area contributed by atoms with Gasteiger partial charge in [0, 0.05) is 12.8 Å². The van der Waals surface area contributed by atoms with Crippen LogP contribution in [0.2, 0.25) is 0 Å². The van der Waals surface area contributed by atoms with Crippen molar-refractivity contribution in [3.63, 3.8) is 0 Å². The maximum Gasteiger partial charge on any atom is 0.472 e. The number of carbonyl (C=O) groups excluding carboxylic acids is 2. The van der Waals surface area contributed by atoms with Gasteiger partial charge in [-0.2, -0.15) is 0 Å². The van der Waals surface area contributed by atoms with E-state index in [4.69, 9.17) is 18.5 Å². The van der Waals surface area contributed by atoms with Crippen LogP contribution in [-0.2, 0) is 32.7 Å². The van der Waals surface area contributed by atoms with Crippen LogP contribution in [0.15, 0.2) is 24.3 Å². The molecular formula is C37H67O13P. The first-order valence-electron chi connectivity index (χ1n) is 19.1. The quantitative estimate of drug-likeness (QED) is 0.0225. The summed E-state index contributed by atoms with van der Waals surface area (Å²) in [5, 5.41) is 49.8. The van der Waals surface area contributed by atoms with Crippen molar-refractivity contribution < 1.29 is 63.1 Å². The molecular weight excluding hydrogens is 683 g/mol. The Morgan fingerprint density at radius 1 is 0.608 bits per heavy atom. The molecule has 51 heavy (non-hydrogen) atoms. The van der Waals surface area contributed by atoms with Gasteiger partial charge in [0.2, 0.25) is 0 Å². The zero-order valence-electron chi connectivity index (χ0n) is 30.9. The third-order valence-electron chi connectivity index (χ3n) is 8.80. The van der Waals surface area contributed by atoms with Crippen LogP contribution in [0, 0.1) is 0 Å². The van der Waals surface area contributed by atoms with Crippen LogP contribution in [0.5, 0.6) is 0 Å². The molecule has 0 amide bonds. The molecule has 298 valence electrons. The number of rotatable bonds is 30. The SMILES string of the molecule is CCCC/C=C/C/C=C/CCCCCCCC(=O)OC[C@@H](COP(=O)(O)OC1C(O)C(O)C(O)[C@H](O)C1O)OC(=O)CCCCCCCCCC. The number of aliphatic hydroxyl groups excluding tert-OH is 5. The third-order valence-corrected chi connectivity index (χ3v) is 9.78. The summed E-state index contributed by atoms with van der Waals surface area (Å²) in [5.41, 5.74) is 0. The van der Waals surface area contributed by atoms with Gasteiger partial charge in [0.25, 0.3) is 0 Å². The Labute approximate surface area is 305 Å². The fourth-order valence-electron chi connectivity index (χ4n) is 5.60. The predicted molar refractivity (Wildman–Crippen MR) is 193 cm³/mol. The predicted octanol–water partition coefficient (Wildman–Crippen LogP) is 5.72. The van der Waals surface area contributed by atoms with Gasteiger partial charge in [0.15, 0.2) is 6.10 Å². The molecule has 0 radical (unpaired) electrons. The first kappa shape index (κ1) is 47.4. The van der Waals surface area contributed by atoms with Crippen LogP contribution in [-0.4, -0.2) is 98.3 Å². The number of unbranched alkanes of at least 4 members (excludes halogenated alkanes) is 14. The second kappa shape index (κ2) is 28.8. The molecule has 13 nitrogen and oxygen atoms in total. The molecule has 0 aromatic carbocycles. The van der Waals surface area contributed by atoms with E-state index in [0.29, 0.717) is 12.8 Å². The summed E-state index contributed by atoms with van der Waals surface area (Å²) in [7, 11) is -5.10. The van der Waals surface area contributed by atoms with Crippen molar-refractivity contribution in [2.75, 3.05) is 13.2 Å². The van der Waals surface area contributed by atoms with E-state index in [9.17, 15) is 44.6 Å². The number of ether oxygens (including phenoxy) is 2. The van der Waals surface area contributed by atoms with Crippen LogP contribution in [0.3, 0.4) is 0 Å². The molecule has 1 aliphatic rings. The van der Waals surface area contributed by atoms with E-state index in [2.05, 4.69) is 38.2 Å². The summed E-state index contributed by atoms with van der Waals surface area (Å²) in [6, 6.07) is 0. The van der Waals surface area contributed by atoms with Crippen LogP contribution in [0.1, 0.15) is 142 Å². The number of phosphoric acid groups is 1. The van der Waals surface area contributed by atoms with Gasteiger partial charge in [-0.3, -0.25) is 18.6 Å². The second-order valence-electron chi connectivity index (χ2n) is 13.4. The van der Waals surface area contributed by atoms with Crippen LogP contribution in [0.25, 0.3) is 0 Å². The lowest BCUT2D eigenvalue weighted by Crippen LogP contribution is -2.64. The molecule has 6 unspecified atom stereocenters. The molecule has 0 bridgehead atoms. The Bertz CT molecular complexity index is 1010. The molecule has 0 aliphatic heterocycles. The first-order chi connectivity index (χ1) is 24.4. The molecule has 0 spiro atoms. The number of aliphatic hydroxyl groups is 5. The lowest BCUT2D eigenvalue weighted by Gasteiger charge is -2.41. The molecule has 1 fully saturated rings. The van der Waals surface area contributed by atoms with Gasteiger partial charge in [0.05, 0.1) is 6.61 Å². The largest absolute Gasteiger partial charge is 0.472 e. The van der Waals surface area contributed by atoms with Gasteiger partial charge in [-0.25, -0.2) is 4.57 Å². The Morgan fingerprint density at radius 3 is 1.65 bits per heavy atom. The highest BCUT2D eigenvalue weighted by Crippen LogP contribution is 2.47. The summed E-state index contributed by atoms with van der Waals surface area (Å²) < 4.78 is 33.2. The Kier molecular flexibility index (Phi) is 26.7. The van der Waals surface area contributed by atoms with Crippen molar-refractivity contribution in [1.82, 2.24) is 0 Å². The number of hydrogen-bond acceptors (Lipinski definition) is 12. The van der Waals surface area contributed by atoms with E-state index in [1.165, 1.54) is 32.1 Å². The van der Waals surface area contributed by atoms with Gasteiger partial charge < -0.3 is 39.9 Å². The average molecular weight is 751 g/mol. The molecule has 0 heterocycles. The van der Waals surface area contributed by atoms with Gasteiger partial charge in [-0.1, -0.05) is 115 Å². The number of carbonyl (C=O) groups is 2. The van der Waals surface area contributed by atoms with Gasteiger partial charge >= 0.3 is 19.8 Å². The number of allylic oxidation sites excluding steroid dienone is 4. The van der Waals surface area contributed by atoms with E-state index in [-0.39, 0.29) is 12.8 Å². The fraction of sp³-hybridized carbons (Fsp3) is 0.838. The van der Waals surface area contributed by atoms with E-state index in [1.54, 1.807) is 0 Å². The molecule has 0 aromatic heterocycles. The number of hydrogen-bond donors (Lipinski definition) is 6. The smallest absolute Gasteiger partial charge is 0.462 e. The molecule has 8 atom stereocenters. The maximum atomic E-state index is 12.7. The summed E-state index contributed by atoms with van der Waals surface area (Å²) in [5.74, 6) is -1.12. The molecule has 1 saturated carbocycles. The number of esters is 2. The van der Waals surface area contributed by atoms with Gasteiger partial charge in [-0.15, -0.1) is 0 Å². The van der Waals surface area contributed by atoms with Crippen molar-refractivity contribution in [2.45, 2.75) is 185 Å². The summed E-state index contributed by atoms with van der Waals surface area (Å²) in [4.78, 5) is 35.3. The minimum atomic E-state index is -5.10. The minimum absolute atomic E-state index is 0.0944. The maximum absolute atomic E-state index is 12.7. The Morgan fingerprint density at radius 2 is 1.08 bits per heavy atom. The lowest BCUT2D eigenvalue weighted by molar-refractivity contribution is -0.220. The standard InChI is InChI=1S/C37H67O13P/c1-3-5-7-9-11-13-14-15-16-17-18-20-21-23-25-30(38)47-27-29(49-31(39)26-24-22-19-12-10-8-6-4-2)28-48-51(45,46)50-37-35(43)33(41)32(40)34(42)36(37)44/h9,11,14-15,29,32-37,40-44H,3-8,10,12-13,16-28H2,1-2H3,(H,45,46)/b11-9+,15-14+/t29-,32?,33-,34?,35?,36?,37?/m0/s1. The van der Waals surface area contributed by atoms with Crippen LogP contribution < -0.4 is 0 Å². The van der Waals surface area contributed by atoms with E-state index in [0.717, 1.165) is 70.6 Å². The van der Waals surface area contributed by atoms with E-state index < -0.39 is 75.7 Å². The molecule has 14 heteroatoms. The van der Waals surface area contributed by atoms with Gasteiger partial charge in [-0.05, 0) is 38.5 Å². The van der Waals surface area contributed by atoms with Crippen LogP contribution >= 0.6 is 7.82 Å². The summed E-state index contributed by atoms with van der Waals surface area (Å²) in [6.07, 6.45) is 14.2. The lowest BCUT2D eigenvalue weighted by atomic mass is 9.85. The Hall–Kier alpha value is -1.67. The van der Waals surface area contributed by atoms with Crippen molar-refractivity contribution in [2.24, 2.45) is 0 Å². The second-order valence-corrected chi connectivity index (χ2v) is 14.8. The molecule has 6 N–H and O–H groups in total.